The average molecular weight is 311 g/mol. The molecule has 20 heavy (non-hydrogen) atoms. The summed E-state index contributed by atoms with van der Waals surface area (Å²) in [5.41, 5.74) is 1.72. The van der Waals surface area contributed by atoms with E-state index < -0.39 is 10.0 Å². The lowest BCUT2D eigenvalue weighted by Crippen LogP contribution is -2.11. The number of thiophene rings is 1. The number of anilines is 1. The monoisotopic (exact) mass is 311 g/mol. The van der Waals surface area contributed by atoms with Gasteiger partial charge in [-0.3, -0.25) is 4.72 Å². The molecule has 2 rings (SSSR count). The maximum Gasteiger partial charge on any atom is 0.271 e. The summed E-state index contributed by atoms with van der Waals surface area (Å²) in [6.45, 7) is 2.07. The molecule has 0 spiro atoms. The van der Waals surface area contributed by atoms with Crippen molar-refractivity contribution in [2.75, 3.05) is 11.3 Å². The predicted molar refractivity (Wildman–Crippen MR) is 81.7 cm³/mol. The van der Waals surface area contributed by atoms with Gasteiger partial charge in [0.25, 0.3) is 10.0 Å². The molecule has 4 nitrogen and oxygen atoms in total. The van der Waals surface area contributed by atoms with E-state index in [4.69, 9.17) is 5.11 Å². The molecule has 1 aromatic heterocycles. The van der Waals surface area contributed by atoms with Gasteiger partial charge in [-0.25, -0.2) is 8.42 Å². The molecule has 0 atom stereocenters. The van der Waals surface area contributed by atoms with E-state index in [0.29, 0.717) is 12.1 Å². The number of hydrogen-bond donors (Lipinski definition) is 2. The number of aliphatic hydroxyl groups is 1. The van der Waals surface area contributed by atoms with Gasteiger partial charge in [0.2, 0.25) is 0 Å². The van der Waals surface area contributed by atoms with Gasteiger partial charge in [0.05, 0.1) is 0 Å². The van der Waals surface area contributed by atoms with Crippen LogP contribution in [0.25, 0.3) is 0 Å². The van der Waals surface area contributed by atoms with Crippen molar-refractivity contribution in [2.24, 2.45) is 0 Å². The number of rotatable bonds is 6. The third-order valence-corrected chi connectivity index (χ3v) is 5.89. The first-order chi connectivity index (χ1) is 9.55. The van der Waals surface area contributed by atoms with Crippen LogP contribution in [0.2, 0.25) is 0 Å². The van der Waals surface area contributed by atoms with E-state index in [2.05, 4.69) is 4.72 Å². The Morgan fingerprint density at radius 1 is 1.15 bits per heavy atom. The van der Waals surface area contributed by atoms with Crippen molar-refractivity contribution < 1.29 is 13.5 Å². The lowest BCUT2D eigenvalue weighted by molar-refractivity contribution is 0.300. The summed E-state index contributed by atoms with van der Waals surface area (Å²) in [6, 6.07) is 10.6. The second-order valence-electron chi connectivity index (χ2n) is 4.35. The van der Waals surface area contributed by atoms with Crippen molar-refractivity contribution in [3.63, 3.8) is 0 Å². The van der Waals surface area contributed by atoms with E-state index in [-0.39, 0.29) is 10.8 Å². The van der Waals surface area contributed by atoms with Crippen LogP contribution >= 0.6 is 11.3 Å². The summed E-state index contributed by atoms with van der Waals surface area (Å²) >= 11 is 1.18. The van der Waals surface area contributed by atoms with Gasteiger partial charge >= 0.3 is 0 Å². The molecule has 1 heterocycles. The van der Waals surface area contributed by atoms with Gasteiger partial charge in [0.1, 0.15) is 4.21 Å². The number of benzene rings is 1. The second kappa shape index (κ2) is 6.39. The minimum Gasteiger partial charge on any atom is -0.396 e. The molecule has 108 valence electrons. The van der Waals surface area contributed by atoms with Crippen LogP contribution in [0.4, 0.5) is 5.69 Å². The highest BCUT2D eigenvalue weighted by molar-refractivity contribution is 7.94. The number of nitrogens with one attached hydrogen (secondary N) is 1. The highest BCUT2D eigenvalue weighted by Crippen LogP contribution is 2.24. The van der Waals surface area contributed by atoms with Gasteiger partial charge in [0, 0.05) is 23.6 Å². The number of aliphatic hydroxyl groups excluding tert-OH is 1. The molecule has 0 bridgehead atoms. The topological polar surface area (TPSA) is 66.4 Å². The van der Waals surface area contributed by atoms with Gasteiger partial charge in [-0.05, 0) is 36.2 Å². The fourth-order valence-electron chi connectivity index (χ4n) is 1.76. The Balaban J connectivity index is 2.16. The number of hydrogen-bond acceptors (Lipinski definition) is 4. The lowest BCUT2D eigenvalue weighted by Gasteiger charge is -2.06. The molecule has 0 amide bonds. The highest BCUT2D eigenvalue weighted by Gasteiger charge is 2.16. The smallest absolute Gasteiger partial charge is 0.271 e. The first kappa shape index (κ1) is 15.0. The quantitative estimate of drug-likeness (QED) is 0.862. The summed E-state index contributed by atoms with van der Waals surface area (Å²) in [5.74, 6) is 0. The summed E-state index contributed by atoms with van der Waals surface area (Å²) < 4.78 is 27.2. The Bertz CT molecular complexity index is 660. The van der Waals surface area contributed by atoms with Crippen molar-refractivity contribution in [2.45, 2.75) is 24.0 Å². The van der Waals surface area contributed by atoms with Crippen LogP contribution in [-0.2, 0) is 22.9 Å². The SMILES string of the molecule is CCc1ccc(NS(=O)(=O)c2ccc(CCO)s2)cc1. The van der Waals surface area contributed by atoms with Crippen molar-refractivity contribution >= 4 is 27.0 Å². The Morgan fingerprint density at radius 3 is 2.45 bits per heavy atom. The van der Waals surface area contributed by atoms with E-state index in [1.807, 2.05) is 19.1 Å². The molecule has 0 fully saturated rings. The summed E-state index contributed by atoms with van der Waals surface area (Å²) in [5, 5.41) is 8.86. The highest BCUT2D eigenvalue weighted by atomic mass is 32.2. The van der Waals surface area contributed by atoms with Crippen molar-refractivity contribution in [1.82, 2.24) is 0 Å². The molecule has 0 unspecified atom stereocenters. The van der Waals surface area contributed by atoms with Crippen LogP contribution < -0.4 is 4.72 Å². The Morgan fingerprint density at radius 2 is 1.85 bits per heavy atom. The molecule has 0 saturated heterocycles. The minimum absolute atomic E-state index is 0.0198. The zero-order chi connectivity index (χ0) is 14.6. The zero-order valence-electron chi connectivity index (χ0n) is 11.2. The Hall–Kier alpha value is -1.37. The lowest BCUT2D eigenvalue weighted by atomic mass is 10.2. The van der Waals surface area contributed by atoms with Gasteiger partial charge in [-0.15, -0.1) is 11.3 Å². The minimum atomic E-state index is -3.54. The molecular formula is C14H17NO3S2. The molecule has 0 aliphatic heterocycles. The van der Waals surface area contributed by atoms with Crippen LogP contribution in [0.3, 0.4) is 0 Å². The molecule has 0 radical (unpaired) electrons. The molecule has 0 saturated carbocycles. The molecule has 2 aromatic rings. The molecular weight excluding hydrogens is 294 g/mol. The molecule has 0 aliphatic rings. The van der Waals surface area contributed by atoms with Crippen molar-refractivity contribution in [3.05, 3.63) is 46.8 Å². The second-order valence-corrected chi connectivity index (χ2v) is 7.43. The van der Waals surface area contributed by atoms with E-state index in [0.717, 1.165) is 16.9 Å². The standard InChI is InChI=1S/C14H17NO3S2/c1-2-11-3-5-12(6-4-11)15-20(17,18)14-8-7-13(19-14)9-10-16/h3-8,15-16H,2,9-10H2,1H3. The van der Waals surface area contributed by atoms with Crippen LogP contribution in [0.1, 0.15) is 17.4 Å². The van der Waals surface area contributed by atoms with E-state index in [1.165, 1.54) is 11.3 Å². The maximum absolute atomic E-state index is 12.2. The fourth-order valence-corrected chi connectivity index (χ4v) is 4.16. The van der Waals surface area contributed by atoms with Crippen molar-refractivity contribution in [1.29, 1.82) is 0 Å². The van der Waals surface area contributed by atoms with Crippen LogP contribution in [0.15, 0.2) is 40.6 Å². The van der Waals surface area contributed by atoms with E-state index in [1.54, 1.807) is 24.3 Å². The fraction of sp³-hybridized carbons (Fsp3) is 0.286. The van der Waals surface area contributed by atoms with Gasteiger partial charge in [-0.1, -0.05) is 19.1 Å². The summed E-state index contributed by atoms with van der Waals surface area (Å²) in [6.07, 6.45) is 1.40. The molecule has 1 aromatic carbocycles. The number of sulfonamides is 1. The molecule has 6 heteroatoms. The first-order valence-electron chi connectivity index (χ1n) is 6.36. The average Bonchev–Trinajstić information content (AvgIpc) is 2.89. The zero-order valence-corrected chi connectivity index (χ0v) is 12.8. The van der Waals surface area contributed by atoms with Crippen LogP contribution in [0, 0.1) is 0 Å². The van der Waals surface area contributed by atoms with E-state index >= 15 is 0 Å². The normalized spacial score (nSPS) is 11.5. The predicted octanol–water partition coefficient (Wildman–Crippen LogP) is 2.65. The van der Waals surface area contributed by atoms with Gasteiger partial charge < -0.3 is 5.11 Å². The van der Waals surface area contributed by atoms with Crippen LogP contribution in [-0.4, -0.2) is 20.1 Å². The van der Waals surface area contributed by atoms with Gasteiger partial charge in [0.15, 0.2) is 0 Å². The molecule has 0 aliphatic carbocycles. The third kappa shape index (κ3) is 3.59. The third-order valence-electron chi connectivity index (χ3n) is 2.87. The summed E-state index contributed by atoms with van der Waals surface area (Å²) in [7, 11) is -3.54. The summed E-state index contributed by atoms with van der Waals surface area (Å²) in [4.78, 5) is 0.856. The first-order valence-corrected chi connectivity index (χ1v) is 8.66. The van der Waals surface area contributed by atoms with Crippen molar-refractivity contribution in [3.8, 4) is 0 Å². The maximum atomic E-state index is 12.2. The Labute approximate surface area is 123 Å². The van der Waals surface area contributed by atoms with Crippen LogP contribution in [0.5, 0.6) is 0 Å². The molecule has 2 N–H and O–H groups in total. The number of aryl methyl sites for hydroxylation is 1. The van der Waals surface area contributed by atoms with Gasteiger partial charge in [-0.2, -0.15) is 0 Å². The Kier molecular flexibility index (Phi) is 4.80. The largest absolute Gasteiger partial charge is 0.396 e. The van der Waals surface area contributed by atoms with E-state index in [9.17, 15) is 8.42 Å².